The fourth-order valence-electron chi connectivity index (χ4n) is 3.21. The highest BCUT2D eigenvalue weighted by molar-refractivity contribution is 5.79. The van der Waals surface area contributed by atoms with E-state index in [2.05, 4.69) is 10.2 Å². The molecule has 1 amide bonds. The van der Waals surface area contributed by atoms with Crippen LogP contribution in [-0.2, 0) is 14.3 Å². The Morgan fingerprint density at radius 1 is 1.24 bits per heavy atom. The Morgan fingerprint density at radius 2 is 2.00 bits per heavy atom. The molecule has 1 saturated heterocycles. The predicted molar refractivity (Wildman–Crippen MR) is 75.8 cm³/mol. The summed E-state index contributed by atoms with van der Waals surface area (Å²) in [6.07, 6.45) is 5.02. The van der Waals surface area contributed by atoms with Crippen LogP contribution in [0.2, 0.25) is 0 Å². The highest BCUT2D eigenvalue weighted by Gasteiger charge is 2.38. The van der Waals surface area contributed by atoms with E-state index in [0.29, 0.717) is 25.2 Å². The molecule has 3 rings (SSSR count). The fraction of sp³-hybridized carbons (Fsp3) is 0.867. The molecule has 2 saturated carbocycles. The van der Waals surface area contributed by atoms with Gasteiger partial charge < -0.3 is 15.2 Å². The first-order valence-corrected chi connectivity index (χ1v) is 7.95. The van der Waals surface area contributed by atoms with Gasteiger partial charge in [-0.05, 0) is 38.0 Å². The Balaban J connectivity index is 1.42. The summed E-state index contributed by atoms with van der Waals surface area (Å²) in [5.74, 6) is 0.0356. The number of carboxylic acids is 1. The van der Waals surface area contributed by atoms with Crippen LogP contribution in [0.5, 0.6) is 0 Å². The van der Waals surface area contributed by atoms with Gasteiger partial charge in [-0.25, -0.2) is 0 Å². The number of hydrogen-bond acceptors (Lipinski definition) is 4. The Labute approximate surface area is 124 Å². The zero-order valence-corrected chi connectivity index (χ0v) is 12.3. The van der Waals surface area contributed by atoms with Crippen LogP contribution in [0.4, 0.5) is 0 Å². The Kier molecular flexibility index (Phi) is 4.45. The first-order valence-electron chi connectivity index (χ1n) is 7.95. The van der Waals surface area contributed by atoms with Crippen LogP contribution < -0.4 is 5.32 Å². The lowest BCUT2D eigenvalue weighted by Gasteiger charge is -2.43. The molecule has 6 heteroatoms. The van der Waals surface area contributed by atoms with Gasteiger partial charge in [-0.15, -0.1) is 0 Å². The molecule has 0 bridgehead atoms. The number of hydrogen-bond donors (Lipinski definition) is 2. The maximum atomic E-state index is 12.0. The highest BCUT2D eigenvalue weighted by atomic mass is 16.5. The molecule has 2 aliphatic carbocycles. The van der Waals surface area contributed by atoms with Crippen LogP contribution >= 0.6 is 0 Å². The number of carboxylic acid groups (broad SMARTS) is 1. The van der Waals surface area contributed by atoms with Crippen LogP contribution in [0.1, 0.15) is 32.1 Å². The van der Waals surface area contributed by atoms with Crippen LogP contribution in [0.15, 0.2) is 0 Å². The quantitative estimate of drug-likeness (QED) is 0.714. The number of aliphatic carboxylic acids is 1. The van der Waals surface area contributed by atoms with Gasteiger partial charge in [0.1, 0.15) is 0 Å². The minimum absolute atomic E-state index is 0.00522. The minimum Gasteiger partial charge on any atom is -0.480 e. The van der Waals surface area contributed by atoms with Gasteiger partial charge in [0.05, 0.1) is 19.1 Å². The molecule has 118 valence electrons. The summed E-state index contributed by atoms with van der Waals surface area (Å²) in [6, 6.07) is 0.519. The summed E-state index contributed by atoms with van der Waals surface area (Å²) < 4.78 is 5.23. The molecule has 0 aromatic carbocycles. The van der Waals surface area contributed by atoms with Gasteiger partial charge in [0.15, 0.2) is 0 Å². The number of amides is 1. The second kappa shape index (κ2) is 6.32. The molecule has 0 spiro atoms. The number of ether oxygens (including phenoxy) is 1. The summed E-state index contributed by atoms with van der Waals surface area (Å²) in [4.78, 5) is 25.0. The van der Waals surface area contributed by atoms with Crippen molar-refractivity contribution in [2.45, 2.75) is 44.2 Å². The number of carbonyl (C=O) groups is 2. The standard InChI is InChI=1S/C15H24N2O4/c18-14(19)8-17(7-10-1-2-10)13-5-12(6-13)16-15(20)11-3-4-21-9-11/h10-13H,1-9H2,(H,16,20)(H,18,19). The normalized spacial score (nSPS) is 32.0. The average molecular weight is 296 g/mol. The molecule has 0 aromatic heterocycles. The van der Waals surface area contributed by atoms with E-state index >= 15 is 0 Å². The maximum absolute atomic E-state index is 12.0. The topological polar surface area (TPSA) is 78.9 Å². The van der Waals surface area contributed by atoms with E-state index in [-0.39, 0.29) is 24.4 Å². The van der Waals surface area contributed by atoms with E-state index in [4.69, 9.17) is 9.84 Å². The van der Waals surface area contributed by atoms with E-state index in [0.717, 1.165) is 25.8 Å². The van der Waals surface area contributed by atoms with Crippen molar-refractivity contribution in [3.63, 3.8) is 0 Å². The van der Waals surface area contributed by atoms with Gasteiger partial charge in [0.25, 0.3) is 0 Å². The van der Waals surface area contributed by atoms with Crippen molar-refractivity contribution in [2.24, 2.45) is 11.8 Å². The van der Waals surface area contributed by atoms with Crippen molar-refractivity contribution < 1.29 is 19.4 Å². The van der Waals surface area contributed by atoms with Gasteiger partial charge in [-0.1, -0.05) is 0 Å². The fourth-order valence-corrected chi connectivity index (χ4v) is 3.21. The smallest absolute Gasteiger partial charge is 0.317 e. The molecule has 1 unspecified atom stereocenters. The second-order valence-electron chi connectivity index (χ2n) is 6.66. The van der Waals surface area contributed by atoms with Crippen molar-refractivity contribution in [1.29, 1.82) is 0 Å². The zero-order valence-electron chi connectivity index (χ0n) is 12.3. The van der Waals surface area contributed by atoms with Crippen molar-refractivity contribution in [3.05, 3.63) is 0 Å². The SMILES string of the molecule is O=C(O)CN(CC1CC1)C1CC(NC(=O)C2CCOC2)C1. The third-order valence-corrected chi connectivity index (χ3v) is 4.80. The zero-order chi connectivity index (χ0) is 14.8. The van der Waals surface area contributed by atoms with Crippen LogP contribution in [0, 0.1) is 11.8 Å². The maximum Gasteiger partial charge on any atom is 0.317 e. The molecule has 3 fully saturated rings. The minimum atomic E-state index is -0.758. The van der Waals surface area contributed by atoms with Gasteiger partial charge in [-0.2, -0.15) is 0 Å². The molecule has 2 N–H and O–H groups in total. The molecule has 21 heavy (non-hydrogen) atoms. The largest absolute Gasteiger partial charge is 0.480 e. The number of nitrogens with one attached hydrogen (secondary N) is 1. The van der Waals surface area contributed by atoms with E-state index in [1.165, 1.54) is 12.8 Å². The summed E-state index contributed by atoms with van der Waals surface area (Å²) in [6.45, 7) is 2.24. The third kappa shape index (κ3) is 3.95. The van der Waals surface area contributed by atoms with Gasteiger partial charge >= 0.3 is 5.97 Å². The average Bonchev–Trinajstić information content (AvgIpc) is 3.03. The van der Waals surface area contributed by atoms with Crippen LogP contribution in [0.3, 0.4) is 0 Å². The Morgan fingerprint density at radius 3 is 2.57 bits per heavy atom. The third-order valence-electron chi connectivity index (χ3n) is 4.80. The van der Waals surface area contributed by atoms with Crippen molar-refractivity contribution in [1.82, 2.24) is 10.2 Å². The molecule has 3 aliphatic rings. The molecular weight excluding hydrogens is 272 g/mol. The summed E-state index contributed by atoms with van der Waals surface area (Å²) in [5.41, 5.74) is 0. The first-order chi connectivity index (χ1) is 10.1. The van der Waals surface area contributed by atoms with Crippen LogP contribution in [-0.4, -0.2) is 60.3 Å². The van der Waals surface area contributed by atoms with E-state index in [1.807, 2.05) is 0 Å². The number of carbonyl (C=O) groups excluding carboxylic acids is 1. The molecular formula is C15H24N2O4. The Hall–Kier alpha value is -1.14. The van der Waals surface area contributed by atoms with Crippen molar-refractivity contribution >= 4 is 11.9 Å². The van der Waals surface area contributed by atoms with Crippen molar-refractivity contribution in [2.75, 3.05) is 26.3 Å². The van der Waals surface area contributed by atoms with Gasteiger partial charge in [0, 0.05) is 25.2 Å². The molecule has 1 aliphatic heterocycles. The monoisotopic (exact) mass is 296 g/mol. The van der Waals surface area contributed by atoms with Gasteiger partial charge in [0.2, 0.25) is 5.91 Å². The van der Waals surface area contributed by atoms with E-state index < -0.39 is 5.97 Å². The lowest BCUT2D eigenvalue weighted by Crippen LogP contribution is -2.56. The Bertz CT molecular complexity index is 398. The second-order valence-corrected chi connectivity index (χ2v) is 6.66. The van der Waals surface area contributed by atoms with Crippen molar-refractivity contribution in [3.8, 4) is 0 Å². The molecule has 0 radical (unpaired) electrons. The summed E-state index contributed by atoms with van der Waals surface area (Å²) >= 11 is 0. The highest BCUT2D eigenvalue weighted by Crippen LogP contribution is 2.33. The summed E-state index contributed by atoms with van der Waals surface area (Å²) in [7, 11) is 0. The van der Waals surface area contributed by atoms with E-state index in [9.17, 15) is 9.59 Å². The lowest BCUT2D eigenvalue weighted by molar-refractivity contribution is -0.140. The van der Waals surface area contributed by atoms with E-state index in [1.54, 1.807) is 0 Å². The molecule has 1 atom stereocenters. The lowest BCUT2D eigenvalue weighted by atomic mass is 9.84. The summed E-state index contributed by atoms with van der Waals surface area (Å²) in [5, 5.41) is 12.1. The predicted octanol–water partition coefficient (Wildman–Crippen LogP) is 0.467. The molecule has 1 heterocycles. The van der Waals surface area contributed by atoms with Gasteiger partial charge in [-0.3, -0.25) is 14.5 Å². The first kappa shape index (κ1) is 14.8. The van der Waals surface area contributed by atoms with Crippen LogP contribution in [0.25, 0.3) is 0 Å². The molecule has 6 nitrogen and oxygen atoms in total. The number of rotatable bonds is 7. The number of nitrogens with zero attached hydrogens (tertiary/aromatic N) is 1. The molecule has 0 aromatic rings.